The number of carbonyl (C=O) groups is 1. The summed E-state index contributed by atoms with van der Waals surface area (Å²) in [5, 5.41) is 16.7. The van der Waals surface area contributed by atoms with Crippen molar-refractivity contribution >= 4 is 32.7 Å². The van der Waals surface area contributed by atoms with Crippen molar-refractivity contribution in [2.75, 3.05) is 4.72 Å². The minimum atomic E-state index is -4.14. The summed E-state index contributed by atoms with van der Waals surface area (Å²) >= 11 is 0. The van der Waals surface area contributed by atoms with Crippen molar-refractivity contribution in [1.29, 1.82) is 0 Å². The number of aromatic carboxylic acids is 1. The number of aromatic nitrogens is 2. The number of carboxylic acids is 1. The second kappa shape index (κ2) is 6.78. The van der Waals surface area contributed by atoms with Gasteiger partial charge in [-0.1, -0.05) is 42.5 Å². The van der Waals surface area contributed by atoms with Crippen LogP contribution < -0.4 is 4.72 Å². The number of sulfonamides is 1. The molecule has 0 aliphatic heterocycles. The van der Waals surface area contributed by atoms with Crippen molar-refractivity contribution in [2.45, 2.75) is 4.90 Å². The SMILES string of the molecule is O=C(O)c1ccc(-c2ccccc2)cc1NS(=O)(=O)c1cccc2nonc12. The molecule has 0 aliphatic carbocycles. The standard InChI is InChI=1S/C19H13N3O5S/c23-19(24)14-10-9-13(12-5-2-1-3-6-12)11-16(14)22-28(25,26)17-8-4-7-15-18(17)21-27-20-15/h1-11,22H,(H,23,24). The average Bonchev–Trinajstić information content (AvgIpc) is 3.16. The lowest BCUT2D eigenvalue weighted by molar-refractivity contribution is 0.0698. The highest BCUT2D eigenvalue weighted by atomic mass is 32.2. The van der Waals surface area contributed by atoms with E-state index in [1.165, 1.54) is 24.3 Å². The smallest absolute Gasteiger partial charge is 0.337 e. The quantitative estimate of drug-likeness (QED) is 0.531. The van der Waals surface area contributed by atoms with E-state index in [0.29, 0.717) is 5.56 Å². The van der Waals surface area contributed by atoms with Gasteiger partial charge in [-0.3, -0.25) is 4.72 Å². The average molecular weight is 395 g/mol. The van der Waals surface area contributed by atoms with E-state index in [2.05, 4.69) is 19.7 Å². The van der Waals surface area contributed by atoms with Crippen molar-refractivity contribution < 1.29 is 22.9 Å². The zero-order valence-electron chi connectivity index (χ0n) is 14.2. The van der Waals surface area contributed by atoms with E-state index in [0.717, 1.165) is 5.56 Å². The molecule has 1 heterocycles. The minimum absolute atomic E-state index is 0.0534. The van der Waals surface area contributed by atoms with Crippen molar-refractivity contribution in [3.63, 3.8) is 0 Å². The molecule has 3 aromatic carbocycles. The number of benzene rings is 3. The molecule has 0 aliphatic rings. The third kappa shape index (κ3) is 3.19. The summed E-state index contributed by atoms with van der Waals surface area (Å²) in [6.45, 7) is 0. The first-order valence-corrected chi connectivity index (χ1v) is 9.61. The Balaban J connectivity index is 1.81. The van der Waals surface area contributed by atoms with Crippen LogP contribution in [0.3, 0.4) is 0 Å². The van der Waals surface area contributed by atoms with E-state index in [-0.39, 0.29) is 27.2 Å². The number of nitrogens with one attached hydrogen (secondary N) is 1. The maximum Gasteiger partial charge on any atom is 0.337 e. The van der Waals surface area contributed by atoms with E-state index in [1.54, 1.807) is 12.1 Å². The van der Waals surface area contributed by atoms with Gasteiger partial charge in [0.2, 0.25) is 0 Å². The van der Waals surface area contributed by atoms with Gasteiger partial charge in [-0.25, -0.2) is 17.8 Å². The summed E-state index contributed by atoms with van der Waals surface area (Å²) in [6, 6.07) is 18.1. The van der Waals surface area contributed by atoms with Crippen LogP contribution in [0.2, 0.25) is 0 Å². The fourth-order valence-electron chi connectivity index (χ4n) is 2.82. The van der Waals surface area contributed by atoms with E-state index in [1.807, 2.05) is 30.3 Å². The topological polar surface area (TPSA) is 122 Å². The van der Waals surface area contributed by atoms with E-state index < -0.39 is 16.0 Å². The Bertz CT molecular complexity index is 1280. The van der Waals surface area contributed by atoms with Crippen LogP contribution in [0.5, 0.6) is 0 Å². The van der Waals surface area contributed by atoms with Crippen LogP contribution >= 0.6 is 0 Å². The first-order chi connectivity index (χ1) is 13.5. The van der Waals surface area contributed by atoms with Crippen LogP contribution in [0.4, 0.5) is 5.69 Å². The molecule has 140 valence electrons. The van der Waals surface area contributed by atoms with Crippen molar-refractivity contribution in [3.8, 4) is 11.1 Å². The molecule has 28 heavy (non-hydrogen) atoms. The van der Waals surface area contributed by atoms with Gasteiger partial charge in [-0.15, -0.1) is 0 Å². The highest BCUT2D eigenvalue weighted by Gasteiger charge is 2.23. The zero-order chi connectivity index (χ0) is 19.7. The molecule has 0 radical (unpaired) electrons. The largest absolute Gasteiger partial charge is 0.478 e. The number of hydrogen-bond donors (Lipinski definition) is 2. The highest BCUT2D eigenvalue weighted by Crippen LogP contribution is 2.29. The molecule has 0 bridgehead atoms. The lowest BCUT2D eigenvalue weighted by atomic mass is 10.0. The van der Waals surface area contributed by atoms with E-state index >= 15 is 0 Å². The summed E-state index contributed by atoms with van der Waals surface area (Å²) in [5.41, 5.74) is 1.61. The van der Waals surface area contributed by atoms with Crippen LogP contribution in [-0.4, -0.2) is 29.8 Å². The third-order valence-corrected chi connectivity index (χ3v) is 5.54. The molecule has 4 aromatic rings. The van der Waals surface area contributed by atoms with Gasteiger partial charge < -0.3 is 5.11 Å². The van der Waals surface area contributed by atoms with Crippen LogP contribution in [0.1, 0.15) is 10.4 Å². The normalized spacial score (nSPS) is 11.4. The Morgan fingerprint density at radius 3 is 2.46 bits per heavy atom. The summed E-state index contributed by atoms with van der Waals surface area (Å²) in [4.78, 5) is 11.4. The van der Waals surface area contributed by atoms with Gasteiger partial charge in [0, 0.05) is 0 Å². The van der Waals surface area contributed by atoms with Gasteiger partial charge in [0.15, 0.2) is 5.52 Å². The molecule has 0 fully saturated rings. The number of carboxylic acid groups (broad SMARTS) is 1. The molecule has 0 atom stereocenters. The van der Waals surface area contributed by atoms with Crippen LogP contribution in [0, 0.1) is 0 Å². The Morgan fingerprint density at radius 2 is 1.71 bits per heavy atom. The molecule has 0 unspecified atom stereocenters. The van der Waals surface area contributed by atoms with Crippen LogP contribution in [0.25, 0.3) is 22.2 Å². The summed E-state index contributed by atoms with van der Waals surface area (Å²) in [7, 11) is -4.14. The Labute approximate surface area is 159 Å². The highest BCUT2D eigenvalue weighted by molar-refractivity contribution is 7.93. The van der Waals surface area contributed by atoms with Gasteiger partial charge in [-0.2, -0.15) is 0 Å². The van der Waals surface area contributed by atoms with Gasteiger partial charge in [-0.05, 0) is 45.7 Å². The number of fused-ring (bicyclic) bond motifs is 1. The molecular weight excluding hydrogens is 382 g/mol. The second-order valence-corrected chi connectivity index (χ2v) is 7.58. The van der Waals surface area contributed by atoms with Crippen LogP contribution in [-0.2, 0) is 10.0 Å². The first-order valence-electron chi connectivity index (χ1n) is 8.12. The molecule has 2 N–H and O–H groups in total. The number of nitrogens with zero attached hydrogens (tertiary/aromatic N) is 2. The van der Waals surface area contributed by atoms with E-state index in [9.17, 15) is 18.3 Å². The van der Waals surface area contributed by atoms with Crippen molar-refractivity contribution in [3.05, 3.63) is 72.3 Å². The lowest BCUT2D eigenvalue weighted by Crippen LogP contribution is -2.16. The second-order valence-electron chi connectivity index (χ2n) is 5.93. The Morgan fingerprint density at radius 1 is 0.929 bits per heavy atom. The molecule has 9 heteroatoms. The molecule has 0 amide bonds. The van der Waals surface area contributed by atoms with Gasteiger partial charge in [0.1, 0.15) is 10.4 Å². The van der Waals surface area contributed by atoms with E-state index in [4.69, 9.17) is 0 Å². The molecule has 0 saturated carbocycles. The lowest BCUT2D eigenvalue weighted by Gasteiger charge is -2.12. The monoisotopic (exact) mass is 395 g/mol. The van der Waals surface area contributed by atoms with Gasteiger partial charge in [0.05, 0.1) is 11.3 Å². The molecule has 4 rings (SSSR count). The first kappa shape index (κ1) is 17.7. The van der Waals surface area contributed by atoms with Gasteiger partial charge in [0.25, 0.3) is 10.0 Å². The summed E-state index contributed by atoms with van der Waals surface area (Å²) in [6.07, 6.45) is 0. The third-order valence-electron chi connectivity index (χ3n) is 4.14. The summed E-state index contributed by atoms with van der Waals surface area (Å²) in [5.74, 6) is -1.25. The minimum Gasteiger partial charge on any atom is -0.478 e. The molecular formula is C19H13N3O5S. The van der Waals surface area contributed by atoms with Crippen molar-refractivity contribution in [2.24, 2.45) is 0 Å². The zero-order valence-corrected chi connectivity index (χ0v) is 15.1. The van der Waals surface area contributed by atoms with Crippen molar-refractivity contribution in [1.82, 2.24) is 10.3 Å². The maximum atomic E-state index is 12.9. The number of rotatable bonds is 5. The maximum absolute atomic E-state index is 12.9. The fraction of sp³-hybridized carbons (Fsp3) is 0. The predicted molar refractivity (Wildman–Crippen MR) is 101 cm³/mol. The molecule has 8 nitrogen and oxygen atoms in total. The summed E-state index contributed by atoms with van der Waals surface area (Å²) < 4.78 is 32.8. The molecule has 1 aromatic heterocycles. The fourth-order valence-corrected chi connectivity index (χ4v) is 4.05. The Hall–Kier alpha value is -3.72. The van der Waals surface area contributed by atoms with Crippen LogP contribution in [0.15, 0.2) is 76.3 Å². The predicted octanol–water partition coefficient (Wildman–Crippen LogP) is 3.39. The number of hydrogen-bond acceptors (Lipinski definition) is 6. The molecule has 0 spiro atoms. The number of anilines is 1. The molecule has 0 saturated heterocycles. The Kier molecular flexibility index (Phi) is 4.28. The van der Waals surface area contributed by atoms with Gasteiger partial charge >= 0.3 is 5.97 Å².